The maximum absolute atomic E-state index is 12.6. The third kappa shape index (κ3) is 4.80. The Labute approximate surface area is 185 Å². The molecular weight excluding hydrogens is 468 g/mol. The molecule has 4 nitrogen and oxygen atoms in total. The van der Waals surface area contributed by atoms with Gasteiger partial charge in [0, 0.05) is 15.9 Å². The average Bonchev–Trinajstić information content (AvgIpc) is 3.15. The van der Waals surface area contributed by atoms with Crippen molar-refractivity contribution in [2.45, 2.75) is 10.1 Å². The van der Waals surface area contributed by atoms with E-state index in [1.165, 1.54) is 5.56 Å². The van der Waals surface area contributed by atoms with Gasteiger partial charge in [0.2, 0.25) is 0 Å². The third-order valence-electron chi connectivity index (χ3n) is 4.25. The number of thiazole rings is 1. The number of methoxy groups -OCH3 is 1. The van der Waals surface area contributed by atoms with Gasteiger partial charge in [0.05, 0.1) is 22.9 Å². The Morgan fingerprint density at radius 3 is 2.72 bits per heavy atom. The summed E-state index contributed by atoms with van der Waals surface area (Å²) in [4.78, 5) is 17.3. The molecule has 0 unspecified atom stereocenters. The molecular formula is C22H17BrN2O2S2. The smallest absolute Gasteiger partial charge is 0.259 e. The number of fused-ring (bicyclic) bond motifs is 1. The number of anilines is 1. The zero-order chi connectivity index (χ0) is 20.2. The molecule has 0 fully saturated rings. The number of amides is 1. The van der Waals surface area contributed by atoms with Gasteiger partial charge >= 0.3 is 0 Å². The third-order valence-corrected chi connectivity index (χ3v) is 7.01. The van der Waals surface area contributed by atoms with Gasteiger partial charge in [-0.3, -0.25) is 4.79 Å². The van der Waals surface area contributed by atoms with Crippen molar-refractivity contribution < 1.29 is 9.53 Å². The fourth-order valence-electron chi connectivity index (χ4n) is 2.80. The van der Waals surface area contributed by atoms with Crippen molar-refractivity contribution in [1.29, 1.82) is 0 Å². The van der Waals surface area contributed by atoms with Crippen molar-refractivity contribution in [2.75, 3.05) is 12.4 Å². The summed E-state index contributed by atoms with van der Waals surface area (Å²) in [7, 11) is 1.56. The second-order valence-corrected chi connectivity index (χ2v) is 9.40. The minimum absolute atomic E-state index is 0.198. The number of rotatable bonds is 6. The van der Waals surface area contributed by atoms with E-state index in [1.54, 1.807) is 42.3 Å². The Kier molecular flexibility index (Phi) is 6.18. The normalized spacial score (nSPS) is 10.8. The van der Waals surface area contributed by atoms with Gasteiger partial charge in [0.1, 0.15) is 5.75 Å². The quantitative estimate of drug-likeness (QED) is 0.312. The summed E-state index contributed by atoms with van der Waals surface area (Å²) in [6.45, 7) is 0. The molecule has 0 atom stereocenters. The fraction of sp³-hybridized carbons (Fsp3) is 0.0909. The highest BCUT2D eigenvalue weighted by molar-refractivity contribution is 9.10. The molecule has 1 N–H and O–H groups in total. The van der Waals surface area contributed by atoms with E-state index < -0.39 is 0 Å². The molecule has 7 heteroatoms. The first kappa shape index (κ1) is 19.9. The molecule has 0 aliphatic rings. The van der Waals surface area contributed by atoms with Gasteiger partial charge in [-0.1, -0.05) is 52.0 Å². The molecule has 29 heavy (non-hydrogen) atoms. The minimum atomic E-state index is -0.198. The number of nitrogens with one attached hydrogen (secondary N) is 1. The average molecular weight is 485 g/mol. The van der Waals surface area contributed by atoms with Crippen molar-refractivity contribution in [1.82, 2.24) is 4.98 Å². The maximum atomic E-state index is 12.6. The van der Waals surface area contributed by atoms with Crippen molar-refractivity contribution in [3.63, 3.8) is 0 Å². The van der Waals surface area contributed by atoms with Crippen LogP contribution >= 0.6 is 39.0 Å². The van der Waals surface area contributed by atoms with Gasteiger partial charge in [-0.2, -0.15) is 0 Å². The standard InChI is InChI=1S/C22H17BrN2O2S2/c1-27-19-5-3-2-4-17(19)21(26)24-16-10-11-18-20(12-16)29-22(25-18)28-13-14-6-8-15(23)9-7-14/h2-12H,13H2,1H3,(H,24,26). The van der Waals surface area contributed by atoms with Gasteiger partial charge in [-0.05, 0) is 48.0 Å². The zero-order valence-electron chi connectivity index (χ0n) is 15.5. The number of hydrogen-bond donors (Lipinski definition) is 1. The monoisotopic (exact) mass is 484 g/mol. The largest absolute Gasteiger partial charge is 0.496 e. The van der Waals surface area contributed by atoms with Crippen LogP contribution in [0, 0.1) is 0 Å². The Morgan fingerprint density at radius 2 is 1.93 bits per heavy atom. The van der Waals surface area contributed by atoms with Crippen LogP contribution in [0.4, 0.5) is 5.69 Å². The molecule has 0 saturated carbocycles. The topological polar surface area (TPSA) is 51.2 Å². The van der Waals surface area contributed by atoms with Gasteiger partial charge in [0.25, 0.3) is 5.91 Å². The van der Waals surface area contributed by atoms with E-state index in [9.17, 15) is 4.79 Å². The number of benzene rings is 3. The first-order chi connectivity index (χ1) is 14.1. The zero-order valence-corrected chi connectivity index (χ0v) is 18.7. The van der Waals surface area contributed by atoms with Gasteiger partial charge < -0.3 is 10.1 Å². The van der Waals surface area contributed by atoms with E-state index in [0.717, 1.165) is 30.5 Å². The number of halogens is 1. The molecule has 1 aromatic heterocycles. The number of ether oxygens (including phenoxy) is 1. The molecule has 4 rings (SSSR count). The predicted octanol–water partition coefficient (Wildman–Crippen LogP) is 6.61. The molecule has 146 valence electrons. The summed E-state index contributed by atoms with van der Waals surface area (Å²) in [5.41, 5.74) is 3.43. The Bertz CT molecular complexity index is 1160. The van der Waals surface area contributed by atoms with Crippen LogP contribution in [0.1, 0.15) is 15.9 Å². The van der Waals surface area contributed by atoms with Crippen LogP contribution in [0.2, 0.25) is 0 Å². The van der Waals surface area contributed by atoms with Crippen molar-refractivity contribution in [3.05, 3.63) is 82.3 Å². The number of nitrogens with zero attached hydrogens (tertiary/aromatic N) is 1. The van der Waals surface area contributed by atoms with Crippen molar-refractivity contribution in [3.8, 4) is 5.75 Å². The molecule has 0 saturated heterocycles. The summed E-state index contributed by atoms with van der Waals surface area (Å²) < 4.78 is 8.40. The summed E-state index contributed by atoms with van der Waals surface area (Å²) in [6.07, 6.45) is 0. The molecule has 4 aromatic rings. The summed E-state index contributed by atoms with van der Waals surface area (Å²) in [6, 6.07) is 21.3. The predicted molar refractivity (Wildman–Crippen MR) is 124 cm³/mol. The highest BCUT2D eigenvalue weighted by Crippen LogP contribution is 2.33. The van der Waals surface area contributed by atoms with Crippen LogP contribution < -0.4 is 10.1 Å². The van der Waals surface area contributed by atoms with Crippen LogP contribution in [0.5, 0.6) is 5.75 Å². The second kappa shape index (κ2) is 8.98. The number of thioether (sulfide) groups is 1. The first-order valence-corrected chi connectivity index (χ1v) is 11.4. The van der Waals surface area contributed by atoms with E-state index in [4.69, 9.17) is 9.72 Å². The summed E-state index contributed by atoms with van der Waals surface area (Å²) in [5, 5.41) is 2.95. The first-order valence-electron chi connectivity index (χ1n) is 8.84. The molecule has 0 radical (unpaired) electrons. The number of para-hydroxylation sites is 1. The van der Waals surface area contributed by atoms with Crippen molar-refractivity contribution >= 4 is 60.8 Å². The lowest BCUT2D eigenvalue weighted by molar-refractivity contribution is 0.102. The van der Waals surface area contributed by atoms with Gasteiger partial charge in [0.15, 0.2) is 4.34 Å². The van der Waals surface area contributed by atoms with E-state index in [2.05, 4.69) is 33.4 Å². The molecule has 0 spiro atoms. The Hall–Kier alpha value is -2.35. The number of aromatic nitrogens is 1. The summed E-state index contributed by atoms with van der Waals surface area (Å²) in [5.74, 6) is 1.22. The van der Waals surface area contributed by atoms with Crippen LogP contribution in [0.15, 0.2) is 75.5 Å². The molecule has 0 aliphatic carbocycles. The van der Waals surface area contributed by atoms with E-state index in [-0.39, 0.29) is 5.91 Å². The van der Waals surface area contributed by atoms with Crippen LogP contribution in [0.25, 0.3) is 10.2 Å². The second-order valence-electron chi connectivity index (χ2n) is 6.23. The molecule has 3 aromatic carbocycles. The van der Waals surface area contributed by atoms with Crippen LogP contribution in [-0.2, 0) is 5.75 Å². The fourth-order valence-corrected chi connectivity index (χ4v) is 5.13. The van der Waals surface area contributed by atoms with E-state index >= 15 is 0 Å². The lowest BCUT2D eigenvalue weighted by Crippen LogP contribution is -2.12. The minimum Gasteiger partial charge on any atom is -0.496 e. The van der Waals surface area contributed by atoms with Gasteiger partial charge in [-0.25, -0.2) is 4.98 Å². The SMILES string of the molecule is COc1ccccc1C(=O)Nc1ccc2nc(SCc3ccc(Br)cc3)sc2c1. The Balaban J connectivity index is 1.48. The lowest BCUT2D eigenvalue weighted by atomic mass is 10.2. The number of carbonyl (C=O) groups excluding carboxylic acids is 1. The highest BCUT2D eigenvalue weighted by Gasteiger charge is 2.13. The van der Waals surface area contributed by atoms with Crippen LogP contribution in [0.3, 0.4) is 0 Å². The summed E-state index contributed by atoms with van der Waals surface area (Å²) >= 11 is 6.80. The Morgan fingerprint density at radius 1 is 1.14 bits per heavy atom. The highest BCUT2D eigenvalue weighted by atomic mass is 79.9. The number of hydrogen-bond acceptors (Lipinski definition) is 5. The lowest BCUT2D eigenvalue weighted by Gasteiger charge is -2.09. The van der Waals surface area contributed by atoms with E-state index in [0.29, 0.717) is 11.3 Å². The number of carbonyl (C=O) groups is 1. The van der Waals surface area contributed by atoms with E-state index in [1.807, 2.05) is 42.5 Å². The molecule has 1 amide bonds. The molecule has 0 aliphatic heterocycles. The molecule has 0 bridgehead atoms. The van der Waals surface area contributed by atoms with Crippen molar-refractivity contribution in [2.24, 2.45) is 0 Å². The molecule has 1 heterocycles. The van der Waals surface area contributed by atoms with Crippen LogP contribution in [-0.4, -0.2) is 18.0 Å². The van der Waals surface area contributed by atoms with Gasteiger partial charge in [-0.15, -0.1) is 11.3 Å². The maximum Gasteiger partial charge on any atom is 0.259 e.